The number of carbonyl (C=O) groups excluding carboxylic acids is 1. The van der Waals surface area contributed by atoms with Gasteiger partial charge < -0.3 is 15.2 Å². The Morgan fingerprint density at radius 2 is 1.77 bits per heavy atom. The lowest BCUT2D eigenvalue weighted by atomic mass is 10.1. The molecule has 0 spiro atoms. The van der Waals surface area contributed by atoms with Gasteiger partial charge in [0.05, 0.1) is 11.3 Å². The Kier molecular flexibility index (Phi) is 7.20. The summed E-state index contributed by atoms with van der Waals surface area (Å²) < 4.78 is 6.64. The molecule has 0 heterocycles. The van der Waals surface area contributed by atoms with Gasteiger partial charge in [-0.15, -0.1) is 0 Å². The minimum atomic E-state index is -1.18. The molecule has 0 saturated carbocycles. The lowest BCUT2D eigenvalue weighted by Crippen LogP contribution is -2.16. The van der Waals surface area contributed by atoms with Gasteiger partial charge in [-0.05, 0) is 42.0 Å². The zero-order chi connectivity index (χ0) is 22.2. The number of nitrogens with one attached hydrogen (secondary N) is 1. The highest BCUT2D eigenvalue weighted by molar-refractivity contribution is 9.10. The molecule has 6 nitrogen and oxygen atoms in total. The lowest BCUT2D eigenvalue weighted by Gasteiger charge is -2.11. The number of carboxylic acid groups (broad SMARTS) is 1. The van der Waals surface area contributed by atoms with E-state index in [4.69, 9.17) is 4.74 Å². The van der Waals surface area contributed by atoms with Crippen molar-refractivity contribution in [2.24, 2.45) is 0 Å². The number of amides is 1. The maximum atomic E-state index is 12.7. The van der Waals surface area contributed by atoms with Crippen LogP contribution in [0.1, 0.15) is 21.5 Å². The molecule has 2 N–H and O–H groups in total. The number of carbonyl (C=O) groups is 2. The van der Waals surface area contributed by atoms with Crippen molar-refractivity contribution in [2.75, 3.05) is 5.32 Å². The molecule has 0 aliphatic rings. The van der Waals surface area contributed by atoms with E-state index in [0.717, 1.165) is 10.0 Å². The highest BCUT2D eigenvalue weighted by atomic mass is 79.9. The number of nitrogens with zero attached hydrogens (tertiary/aromatic N) is 1. The van der Waals surface area contributed by atoms with Crippen LogP contribution < -0.4 is 10.1 Å². The molecule has 0 aliphatic heterocycles. The van der Waals surface area contributed by atoms with Crippen molar-refractivity contribution in [3.8, 4) is 11.8 Å². The highest BCUT2D eigenvalue weighted by Crippen LogP contribution is 2.27. The molecule has 3 aromatic rings. The summed E-state index contributed by atoms with van der Waals surface area (Å²) in [5, 5.41) is 21.3. The fourth-order valence-electron chi connectivity index (χ4n) is 2.77. The first kappa shape index (κ1) is 21.8. The van der Waals surface area contributed by atoms with Crippen molar-refractivity contribution in [3.63, 3.8) is 0 Å². The van der Waals surface area contributed by atoms with Gasteiger partial charge in [-0.3, -0.25) is 4.79 Å². The quantitative estimate of drug-likeness (QED) is 0.357. The number of carboxylic acids is 1. The molecule has 1 amide bonds. The molecule has 7 heteroatoms. The zero-order valence-electron chi connectivity index (χ0n) is 16.2. The molecule has 0 saturated heterocycles. The Morgan fingerprint density at radius 1 is 1.06 bits per heavy atom. The number of rotatable bonds is 7. The SMILES string of the molecule is N#C/C(=C\c1cc(Br)ccc1OCc1ccccc1)C(=O)Nc1ccccc1C(=O)O. The van der Waals surface area contributed by atoms with Crippen molar-refractivity contribution >= 4 is 39.6 Å². The van der Waals surface area contributed by atoms with E-state index < -0.39 is 11.9 Å². The standard InChI is InChI=1S/C24H17BrN2O4/c25-19-10-11-22(31-15-16-6-2-1-3-7-16)17(13-19)12-18(14-26)23(28)27-21-9-5-4-8-20(21)24(29)30/h1-13H,15H2,(H,27,28)(H,29,30)/b18-12+. The molecule has 0 radical (unpaired) electrons. The third-order valence-electron chi connectivity index (χ3n) is 4.28. The van der Waals surface area contributed by atoms with Crippen molar-refractivity contribution in [1.82, 2.24) is 0 Å². The first-order valence-corrected chi connectivity index (χ1v) is 9.99. The van der Waals surface area contributed by atoms with Gasteiger partial charge in [0, 0.05) is 10.0 Å². The predicted molar refractivity (Wildman–Crippen MR) is 121 cm³/mol. The Bertz CT molecular complexity index is 1180. The van der Waals surface area contributed by atoms with E-state index in [9.17, 15) is 20.0 Å². The highest BCUT2D eigenvalue weighted by Gasteiger charge is 2.16. The molecule has 0 atom stereocenters. The Balaban J connectivity index is 1.86. The van der Waals surface area contributed by atoms with Gasteiger partial charge in [0.1, 0.15) is 24.0 Å². The van der Waals surface area contributed by atoms with E-state index in [1.54, 1.807) is 30.3 Å². The third-order valence-corrected chi connectivity index (χ3v) is 4.77. The number of halogens is 1. The Hall–Kier alpha value is -3.89. The molecule has 0 fully saturated rings. The zero-order valence-corrected chi connectivity index (χ0v) is 17.8. The van der Waals surface area contributed by atoms with Crippen LogP contribution in [-0.4, -0.2) is 17.0 Å². The second-order valence-corrected chi connectivity index (χ2v) is 7.35. The second-order valence-electron chi connectivity index (χ2n) is 6.43. The number of anilines is 1. The van der Waals surface area contributed by atoms with Gasteiger partial charge in [-0.2, -0.15) is 5.26 Å². The van der Waals surface area contributed by atoms with Gasteiger partial charge in [0.2, 0.25) is 0 Å². The van der Waals surface area contributed by atoms with Crippen LogP contribution in [0.5, 0.6) is 5.75 Å². The van der Waals surface area contributed by atoms with Crippen molar-refractivity contribution in [1.29, 1.82) is 5.26 Å². The predicted octanol–water partition coefficient (Wildman–Crippen LogP) is 5.27. The number of aromatic carboxylic acids is 1. The summed E-state index contributed by atoms with van der Waals surface area (Å²) in [6.07, 6.45) is 1.41. The summed E-state index contributed by atoms with van der Waals surface area (Å²) in [5.41, 5.74) is 1.36. The van der Waals surface area contributed by atoms with E-state index in [1.165, 1.54) is 18.2 Å². The molecule has 154 valence electrons. The topological polar surface area (TPSA) is 99.4 Å². The van der Waals surface area contributed by atoms with Crippen LogP contribution in [0.2, 0.25) is 0 Å². The minimum absolute atomic E-state index is 0.0671. The van der Waals surface area contributed by atoms with Gasteiger partial charge in [0.15, 0.2) is 0 Å². The largest absolute Gasteiger partial charge is 0.488 e. The van der Waals surface area contributed by atoms with E-state index in [1.807, 2.05) is 36.4 Å². The van der Waals surface area contributed by atoms with Crippen molar-refractivity contribution in [3.05, 3.63) is 99.5 Å². The fourth-order valence-corrected chi connectivity index (χ4v) is 3.15. The average Bonchev–Trinajstić information content (AvgIpc) is 2.77. The van der Waals surface area contributed by atoms with E-state index in [-0.39, 0.29) is 16.8 Å². The van der Waals surface area contributed by atoms with Crippen molar-refractivity contribution < 1.29 is 19.4 Å². The molecule has 0 aliphatic carbocycles. The van der Waals surface area contributed by atoms with Crippen LogP contribution in [-0.2, 0) is 11.4 Å². The lowest BCUT2D eigenvalue weighted by molar-refractivity contribution is -0.112. The first-order valence-electron chi connectivity index (χ1n) is 9.19. The van der Waals surface area contributed by atoms with Gasteiger partial charge >= 0.3 is 5.97 Å². The maximum Gasteiger partial charge on any atom is 0.337 e. The summed E-state index contributed by atoms with van der Waals surface area (Å²) in [6, 6.07) is 22.7. The average molecular weight is 477 g/mol. The van der Waals surface area contributed by atoms with E-state index in [2.05, 4.69) is 21.2 Å². The summed E-state index contributed by atoms with van der Waals surface area (Å²) in [4.78, 5) is 24.0. The van der Waals surface area contributed by atoms with E-state index in [0.29, 0.717) is 17.9 Å². The number of para-hydroxylation sites is 1. The van der Waals surface area contributed by atoms with Crippen LogP contribution in [0.4, 0.5) is 5.69 Å². The summed E-state index contributed by atoms with van der Waals surface area (Å²) in [6.45, 7) is 0.323. The van der Waals surface area contributed by atoms with Crippen LogP contribution in [0.25, 0.3) is 6.08 Å². The van der Waals surface area contributed by atoms with Crippen LogP contribution in [0.15, 0.2) is 82.8 Å². The Labute approximate surface area is 187 Å². The monoisotopic (exact) mass is 476 g/mol. The number of benzene rings is 3. The second kappa shape index (κ2) is 10.2. The first-order chi connectivity index (χ1) is 15.0. The third kappa shape index (κ3) is 5.81. The Morgan fingerprint density at radius 3 is 2.48 bits per heavy atom. The molecular formula is C24H17BrN2O4. The molecule has 0 bridgehead atoms. The maximum absolute atomic E-state index is 12.7. The normalized spacial score (nSPS) is 10.8. The van der Waals surface area contributed by atoms with Crippen molar-refractivity contribution in [2.45, 2.75) is 6.61 Å². The van der Waals surface area contributed by atoms with Gasteiger partial charge in [0.25, 0.3) is 5.91 Å². The number of ether oxygens (including phenoxy) is 1. The molecule has 0 unspecified atom stereocenters. The fraction of sp³-hybridized carbons (Fsp3) is 0.0417. The smallest absolute Gasteiger partial charge is 0.337 e. The minimum Gasteiger partial charge on any atom is -0.488 e. The number of hydrogen-bond donors (Lipinski definition) is 2. The molecular weight excluding hydrogens is 460 g/mol. The van der Waals surface area contributed by atoms with Gasteiger partial charge in [-0.1, -0.05) is 58.4 Å². The van der Waals surface area contributed by atoms with E-state index >= 15 is 0 Å². The summed E-state index contributed by atoms with van der Waals surface area (Å²) >= 11 is 3.39. The molecule has 3 rings (SSSR count). The summed E-state index contributed by atoms with van der Waals surface area (Å²) in [5.74, 6) is -1.40. The number of nitriles is 1. The van der Waals surface area contributed by atoms with Crippen LogP contribution in [0, 0.1) is 11.3 Å². The number of hydrogen-bond acceptors (Lipinski definition) is 4. The summed E-state index contributed by atoms with van der Waals surface area (Å²) in [7, 11) is 0. The van der Waals surface area contributed by atoms with Gasteiger partial charge in [-0.25, -0.2) is 4.79 Å². The van der Waals surface area contributed by atoms with Crippen LogP contribution >= 0.6 is 15.9 Å². The molecule has 31 heavy (non-hydrogen) atoms. The van der Waals surface area contributed by atoms with Crippen LogP contribution in [0.3, 0.4) is 0 Å². The molecule has 3 aromatic carbocycles. The molecule has 0 aromatic heterocycles.